The fraction of sp³-hybridized carbons (Fsp3) is 0.917. The van der Waals surface area contributed by atoms with Crippen molar-refractivity contribution in [3.63, 3.8) is 0 Å². The molecule has 0 aromatic rings. The smallest absolute Gasteiger partial charge is 0.316 e. The summed E-state index contributed by atoms with van der Waals surface area (Å²) in [6.07, 6.45) is 16.4. The minimum Gasteiger partial charge on any atom is -0.316 e. The lowest BCUT2D eigenvalue weighted by atomic mass is 9.65. The molecule has 2 atom stereocenters. The number of rotatable bonds is 8. The van der Waals surface area contributed by atoms with Gasteiger partial charge in [0.25, 0.3) is 0 Å². The van der Waals surface area contributed by atoms with Crippen molar-refractivity contribution in [1.82, 2.24) is 0 Å². The molecule has 1 aliphatic heterocycles. The van der Waals surface area contributed by atoms with E-state index >= 15 is 0 Å². The summed E-state index contributed by atoms with van der Waals surface area (Å²) < 4.78 is 33.9. The summed E-state index contributed by atoms with van der Waals surface area (Å²) in [6.45, 7) is 4.31. The topological polar surface area (TPSA) is 9.23 Å². The van der Waals surface area contributed by atoms with E-state index in [2.05, 4.69) is 26.0 Å². The summed E-state index contributed by atoms with van der Waals surface area (Å²) in [5, 5.41) is 0. The molecule has 2 aliphatic carbocycles. The summed E-state index contributed by atoms with van der Waals surface area (Å²) in [6, 6.07) is 0. The zero-order chi connectivity index (χ0) is 19.3. The number of hydrogen-bond acceptors (Lipinski definition) is 1. The van der Waals surface area contributed by atoms with E-state index in [0.717, 1.165) is 56.8 Å². The van der Waals surface area contributed by atoms with Crippen molar-refractivity contribution in [3.05, 3.63) is 12.2 Å². The van der Waals surface area contributed by atoms with Crippen LogP contribution < -0.4 is 0 Å². The molecule has 0 unspecified atom stereocenters. The third-order valence-corrected chi connectivity index (χ3v) is 7.73. The molecule has 3 fully saturated rings. The van der Waals surface area contributed by atoms with Gasteiger partial charge in [0.15, 0.2) is 0 Å². The lowest BCUT2D eigenvalue weighted by Gasteiger charge is -2.53. The molecule has 1 nitrogen and oxygen atoms in total. The second-order valence-corrected chi connectivity index (χ2v) is 9.52. The van der Waals surface area contributed by atoms with Crippen LogP contribution in [0.25, 0.3) is 0 Å². The molecule has 1 heterocycles. The summed E-state index contributed by atoms with van der Waals surface area (Å²) in [5.41, 5.74) is 0. The van der Waals surface area contributed by atoms with E-state index in [1.54, 1.807) is 0 Å². The van der Waals surface area contributed by atoms with E-state index in [-0.39, 0.29) is 12.0 Å². The van der Waals surface area contributed by atoms with Crippen molar-refractivity contribution in [2.24, 2.45) is 29.6 Å². The molecule has 0 amide bonds. The molecule has 2 saturated carbocycles. The summed E-state index contributed by atoms with van der Waals surface area (Å²) >= 11 is 0. The largest absolute Gasteiger partial charge is 0.361 e. The molecule has 3 aliphatic rings. The van der Waals surface area contributed by atoms with Gasteiger partial charge in [0, 0.05) is 0 Å². The molecule has 0 aromatic carbocycles. The third-order valence-electron chi connectivity index (χ3n) is 7.73. The van der Waals surface area contributed by atoms with Crippen LogP contribution in [0.1, 0.15) is 97.3 Å². The van der Waals surface area contributed by atoms with Crippen LogP contribution >= 0.6 is 0 Å². The minimum atomic E-state index is -2.87. The quantitative estimate of drug-likeness (QED) is 0.390. The number of unbranched alkanes of at least 4 members (excludes halogenated alkanes) is 1. The van der Waals surface area contributed by atoms with Crippen molar-refractivity contribution < 1.29 is 13.5 Å². The molecule has 1 saturated heterocycles. The minimum absolute atomic E-state index is 0.170. The maximum Gasteiger partial charge on any atom is 0.361 e. The van der Waals surface area contributed by atoms with Gasteiger partial charge in [-0.2, -0.15) is 8.78 Å². The molecule has 3 rings (SSSR count). The highest BCUT2D eigenvalue weighted by atomic mass is 19.3. The van der Waals surface area contributed by atoms with Crippen LogP contribution in [0, 0.1) is 29.6 Å². The van der Waals surface area contributed by atoms with Crippen molar-refractivity contribution in [2.45, 2.75) is 110 Å². The number of hydrogen-bond donors (Lipinski definition) is 0. The predicted molar refractivity (Wildman–Crippen MR) is 108 cm³/mol. The lowest BCUT2D eigenvalue weighted by Crippen LogP contribution is -2.61. The van der Waals surface area contributed by atoms with Gasteiger partial charge in [-0.3, -0.25) is 0 Å². The van der Waals surface area contributed by atoms with Crippen LogP contribution in [0.5, 0.6) is 0 Å². The summed E-state index contributed by atoms with van der Waals surface area (Å²) in [7, 11) is 0. The Hall–Kier alpha value is -0.440. The zero-order valence-corrected chi connectivity index (χ0v) is 17.5. The molecule has 0 bridgehead atoms. The Morgan fingerprint density at radius 2 is 1.48 bits per heavy atom. The average Bonchev–Trinajstić information content (AvgIpc) is 2.67. The molecule has 0 spiro atoms. The average molecular weight is 383 g/mol. The lowest BCUT2D eigenvalue weighted by molar-refractivity contribution is -0.418. The summed E-state index contributed by atoms with van der Waals surface area (Å²) in [4.78, 5) is 0. The maximum atomic E-state index is 14.3. The Morgan fingerprint density at radius 1 is 0.889 bits per heavy atom. The molecule has 0 N–H and O–H groups in total. The highest BCUT2D eigenvalue weighted by Crippen LogP contribution is 2.55. The highest BCUT2D eigenvalue weighted by Gasteiger charge is 2.62. The first kappa shape index (κ1) is 21.3. The fourth-order valence-corrected chi connectivity index (χ4v) is 6.02. The Morgan fingerprint density at radius 3 is 2.04 bits per heavy atom. The maximum absolute atomic E-state index is 14.3. The van der Waals surface area contributed by atoms with Gasteiger partial charge >= 0.3 is 6.11 Å². The van der Waals surface area contributed by atoms with E-state index in [4.69, 9.17) is 4.74 Å². The molecule has 27 heavy (non-hydrogen) atoms. The number of allylic oxidation sites excluding steroid dienone is 2. The predicted octanol–water partition coefficient (Wildman–Crippen LogP) is 7.75. The first-order valence-corrected chi connectivity index (χ1v) is 11.7. The number of ether oxygens (including phenoxy) is 1. The third kappa shape index (κ3) is 5.34. The summed E-state index contributed by atoms with van der Waals surface area (Å²) in [5.74, 6) is 1.60. The van der Waals surface area contributed by atoms with Crippen molar-refractivity contribution in [2.75, 3.05) is 0 Å². The Kier molecular flexibility index (Phi) is 7.76. The Balaban J connectivity index is 1.48. The van der Waals surface area contributed by atoms with E-state index in [0.29, 0.717) is 5.92 Å². The van der Waals surface area contributed by atoms with Crippen LogP contribution in [0.4, 0.5) is 8.78 Å². The normalized spacial score (nSPS) is 39.4. The van der Waals surface area contributed by atoms with Gasteiger partial charge in [-0.25, -0.2) is 0 Å². The SMILES string of the molecule is C/C=C/CCC1CCC([C@H]2[C@H](C3CCC(CCCC)CC3)OC2(F)F)CC1. The van der Waals surface area contributed by atoms with E-state index in [9.17, 15) is 8.78 Å². The van der Waals surface area contributed by atoms with Gasteiger partial charge < -0.3 is 4.74 Å². The number of halogens is 2. The standard InChI is InChI=1S/C24H40F2O/c1-3-5-7-9-19-10-14-20(15-11-19)22-23(27-24(22,25)26)21-16-12-18(13-17-21)8-6-4-2/h3,5,18-23H,4,6-17H2,1-2H3/b5-3+/t18?,19?,20?,21?,22-,23-/m0/s1. The zero-order valence-electron chi connectivity index (χ0n) is 17.5. The van der Waals surface area contributed by atoms with Gasteiger partial charge in [0.05, 0.1) is 12.0 Å². The molecule has 3 heteroatoms. The molecular weight excluding hydrogens is 342 g/mol. The van der Waals surface area contributed by atoms with Crippen LogP contribution in [0.3, 0.4) is 0 Å². The number of alkyl halides is 2. The second kappa shape index (κ2) is 9.85. The van der Waals surface area contributed by atoms with Crippen LogP contribution in [0.15, 0.2) is 12.2 Å². The van der Waals surface area contributed by atoms with Crippen LogP contribution in [-0.4, -0.2) is 12.2 Å². The van der Waals surface area contributed by atoms with E-state index in [1.165, 1.54) is 38.5 Å². The molecular formula is C24H40F2O. The van der Waals surface area contributed by atoms with Gasteiger partial charge in [0.2, 0.25) is 0 Å². The van der Waals surface area contributed by atoms with Gasteiger partial charge in [-0.15, -0.1) is 0 Å². The first-order valence-electron chi connectivity index (χ1n) is 11.7. The first-order chi connectivity index (χ1) is 13.0. The Bertz CT molecular complexity index is 459. The highest BCUT2D eigenvalue weighted by molar-refractivity contribution is 4.98. The molecule has 0 radical (unpaired) electrons. The van der Waals surface area contributed by atoms with Crippen LogP contribution in [-0.2, 0) is 4.74 Å². The van der Waals surface area contributed by atoms with Gasteiger partial charge in [0.1, 0.15) is 0 Å². The second-order valence-electron chi connectivity index (χ2n) is 9.52. The molecule has 156 valence electrons. The fourth-order valence-electron chi connectivity index (χ4n) is 6.02. The molecule has 0 aromatic heterocycles. The Labute approximate surface area is 165 Å². The van der Waals surface area contributed by atoms with Gasteiger partial charge in [-0.05, 0) is 69.1 Å². The van der Waals surface area contributed by atoms with Gasteiger partial charge in [-0.1, -0.05) is 64.0 Å². The van der Waals surface area contributed by atoms with Crippen molar-refractivity contribution in [1.29, 1.82) is 0 Å². The monoisotopic (exact) mass is 382 g/mol. The van der Waals surface area contributed by atoms with E-state index < -0.39 is 12.0 Å². The van der Waals surface area contributed by atoms with Crippen molar-refractivity contribution in [3.8, 4) is 0 Å². The van der Waals surface area contributed by atoms with Crippen LogP contribution in [0.2, 0.25) is 0 Å². The van der Waals surface area contributed by atoms with E-state index in [1.807, 2.05) is 0 Å². The van der Waals surface area contributed by atoms with Crippen molar-refractivity contribution >= 4 is 0 Å².